The molecule has 7 heteroatoms. The van der Waals surface area contributed by atoms with Crippen LogP contribution < -0.4 is 5.43 Å². The van der Waals surface area contributed by atoms with Crippen LogP contribution in [0.3, 0.4) is 0 Å². The van der Waals surface area contributed by atoms with E-state index in [1.807, 2.05) is 30.3 Å². The third-order valence-electron chi connectivity index (χ3n) is 2.94. The Bertz CT molecular complexity index is 875. The topological polar surface area (TPSA) is 76.9 Å². The zero-order valence-corrected chi connectivity index (χ0v) is 12.7. The first-order valence-corrected chi connectivity index (χ1v) is 7.07. The third kappa shape index (κ3) is 2.89. The fourth-order valence-electron chi connectivity index (χ4n) is 1.89. The Balaban J connectivity index is 1.91. The van der Waals surface area contributed by atoms with Gasteiger partial charge in [-0.2, -0.15) is 10.4 Å². The molecule has 0 aliphatic rings. The van der Waals surface area contributed by atoms with E-state index in [0.717, 1.165) is 11.0 Å². The zero-order valence-electron chi connectivity index (χ0n) is 11.1. The molecule has 0 bridgehead atoms. The van der Waals surface area contributed by atoms with Crippen LogP contribution in [0.25, 0.3) is 11.0 Å². The molecule has 0 aliphatic heterocycles. The van der Waals surface area contributed by atoms with Crippen LogP contribution in [0.1, 0.15) is 5.82 Å². The summed E-state index contributed by atoms with van der Waals surface area (Å²) < 4.78 is 0. The summed E-state index contributed by atoms with van der Waals surface area (Å²) in [5.41, 5.74) is 5.03. The van der Waals surface area contributed by atoms with E-state index < -0.39 is 0 Å². The first-order valence-electron chi connectivity index (χ1n) is 6.31. The van der Waals surface area contributed by atoms with Crippen LogP contribution in [0.2, 0.25) is 10.0 Å². The predicted octanol–water partition coefficient (Wildman–Crippen LogP) is 4.21. The van der Waals surface area contributed by atoms with E-state index in [1.54, 1.807) is 18.2 Å². The Labute approximate surface area is 136 Å². The second kappa shape index (κ2) is 6.06. The van der Waals surface area contributed by atoms with Crippen LogP contribution in [-0.4, -0.2) is 15.7 Å². The van der Waals surface area contributed by atoms with Crippen molar-refractivity contribution < 1.29 is 0 Å². The molecule has 0 fully saturated rings. The number of nitrogens with one attached hydrogen (secondary N) is 2. The number of H-pyrrole nitrogens is 1. The Morgan fingerprint density at radius 1 is 1.23 bits per heavy atom. The van der Waals surface area contributed by atoms with E-state index >= 15 is 0 Å². The van der Waals surface area contributed by atoms with Gasteiger partial charge in [0.25, 0.3) is 0 Å². The van der Waals surface area contributed by atoms with E-state index in [-0.39, 0.29) is 5.71 Å². The van der Waals surface area contributed by atoms with Gasteiger partial charge >= 0.3 is 0 Å². The number of para-hydroxylation sites is 2. The van der Waals surface area contributed by atoms with Crippen LogP contribution in [0, 0.1) is 11.3 Å². The molecule has 2 N–H and O–H groups in total. The summed E-state index contributed by atoms with van der Waals surface area (Å²) in [6.07, 6.45) is 0. The van der Waals surface area contributed by atoms with Gasteiger partial charge in [0.15, 0.2) is 5.82 Å². The normalized spacial score (nSPS) is 11.4. The fraction of sp³-hybridized carbons (Fsp3) is 0. The molecular weight excluding hydrogens is 321 g/mol. The maximum absolute atomic E-state index is 9.26. The number of nitriles is 1. The van der Waals surface area contributed by atoms with Crippen molar-refractivity contribution in [2.24, 2.45) is 5.10 Å². The van der Waals surface area contributed by atoms with Gasteiger partial charge in [-0.15, -0.1) is 0 Å². The molecule has 5 nitrogen and oxygen atoms in total. The minimum atomic E-state index is 0.127. The van der Waals surface area contributed by atoms with Gasteiger partial charge < -0.3 is 4.98 Å². The zero-order chi connectivity index (χ0) is 15.5. The highest BCUT2D eigenvalue weighted by atomic mass is 35.5. The summed E-state index contributed by atoms with van der Waals surface area (Å²) in [7, 11) is 0. The average Bonchev–Trinajstić information content (AvgIpc) is 2.93. The second-order valence-corrected chi connectivity index (χ2v) is 5.25. The first-order chi connectivity index (χ1) is 10.7. The molecule has 0 aliphatic carbocycles. The molecule has 0 radical (unpaired) electrons. The van der Waals surface area contributed by atoms with Crippen molar-refractivity contribution in [3.63, 3.8) is 0 Å². The average molecular weight is 330 g/mol. The number of hydrazone groups is 1. The Hall–Kier alpha value is -2.55. The van der Waals surface area contributed by atoms with Crippen molar-refractivity contribution in [3.05, 3.63) is 58.3 Å². The molecule has 0 amide bonds. The van der Waals surface area contributed by atoms with Gasteiger partial charge in [-0.25, -0.2) is 4.98 Å². The Morgan fingerprint density at radius 3 is 2.77 bits per heavy atom. The number of benzene rings is 2. The molecule has 0 saturated carbocycles. The van der Waals surface area contributed by atoms with Gasteiger partial charge in [-0.1, -0.05) is 35.3 Å². The van der Waals surface area contributed by atoms with Gasteiger partial charge in [0.1, 0.15) is 6.07 Å². The fourth-order valence-corrected chi connectivity index (χ4v) is 2.34. The molecular formula is C15H9Cl2N5. The van der Waals surface area contributed by atoms with Crippen LogP contribution in [0.15, 0.2) is 47.6 Å². The number of hydrogen-bond donors (Lipinski definition) is 2. The van der Waals surface area contributed by atoms with E-state index in [1.165, 1.54) is 0 Å². The van der Waals surface area contributed by atoms with Gasteiger partial charge in [-0.3, -0.25) is 5.43 Å². The monoisotopic (exact) mass is 329 g/mol. The lowest BCUT2D eigenvalue weighted by Gasteiger charge is -2.03. The molecule has 3 rings (SSSR count). The molecule has 1 aromatic heterocycles. The van der Waals surface area contributed by atoms with Crippen LogP contribution >= 0.6 is 23.2 Å². The summed E-state index contributed by atoms with van der Waals surface area (Å²) in [6, 6.07) is 14.5. The highest BCUT2D eigenvalue weighted by molar-refractivity contribution is 6.36. The lowest BCUT2D eigenvalue weighted by molar-refractivity contribution is 1.25. The van der Waals surface area contributed by atoms with Crippen molar-refractivity contribution >= 4 is 45.6 Å². The standard InChI is InChI=1S/C15H9Cl2N5/c16-9-5-6-11(10(17)7-9)21-22-14(8-18)15-19-12-3-1-2-4-13(12)20-15/h1-7,21H,(H,19,20)/b22-14+. The number of nitrogens with zero attached hydrogens (tertiary/aromatic N) is 3. The number of anilines is 1. The van der Waals surface area contributed by atoms with Crippen molar-refractivity contribution in [3.8, 4) is 6.07 Å². The predicted molar refractivity (Wildman–Crippen MR) is 88.3 cm³/mol. The van der Waals surface area contributed by atoms with Gasteiger partial charge in [0.2, 0.25) is 5.71 Å². The molecule has 22 heavy (non-hydrogen) atoms. The summed E-state index contributed by atoms with van der Waals surface area (Å²) in [5, 5.41) is 14.3. The quantitative estimate of drug-likeness (QED) is 0.558. The summed E-state index contributed by atoms with van der Waals surface area (Å²) in [5.74, 6) is 0.390. The number of rotatable bonds is 3. The number of aromatic amines is 1. The van der Waals surface area contributed by atoms with Gasteiger partial charge in [0, 0.05) is 5.02 Å². The highest BCUT2D eigenvalue weighted by Crippen LogP contribution is 2.25. The number of hydrogen-bond acceptors (Lipinski definition) is 4. The summed E-state index contributed by atoms with van der Waals surface area (Å²) in [4.78, 5) is 7.38. The minimum Gasteiger partial charge on any atom is -0.336 e. The summed E-state index contributed by atoms with van der Waals surface area (Å²) >= 11 is 11.9. The van der Waals surface area contributed by atoms with Crippen molar-refractivity contribution in [1.82, 2.24) is 9.97 Å². The largest absolute Gasteiger partial charge is 0.336 e. The Morgan fingerprint density at radius 2 is 2.05 bits per heavy atom. The van der Waals surface area contributed by atoms with E-state index in [0.29, 0.717) is 21.6 Å². The van der Waals surface area contributed by atoms with E-state index in [2.05, 4.69) is 20.5 Å². The van der Waals surface area contributed by atoms with Gasteiger partial charge in [0.05, 0.1) is 21.7 Å². The van der Waals surface area contributed by atoms with Gasteiger partial charge in [-0.05, 0) is 30.3 Å². The second-order valence-electron chi connectivity index (χ2n) is 4.41. The molecule has 0 saturated heterocycles. The molecule has 2 aromatic carbocycles. The lowest BCUT2D eigenvalue weighted by Crippen LogP contribution is -2.04. The SMILES string of the molecule is N#C/C(=N\Nc1ccc(Cl)cc1Cl)c1nc2ccccc2[nH]1. The number of fused-ring (bicyclic) bond motifs is 1. The van der Waals surface area contributed by atoms with Crippen LogP contribution in [0.5, 0.6) is 0 Å². The van der Waals surface area contributed by atoms with Crippen molar-refractivity contribution in [2.45, 2.75) is 0 Å². The molecule has 0 spiro atoms. The number of aromatic nitrogens is 2. The molecule has 0 atom stereocenters. The molecule has 108 valence electrons. The van der Waals surface area contributed by atoms with Crippen LogP contribution in [0.4, 0.5) is 5.69 Å². The molecule has 0 unspecified atom stereocenters. The number of halogens is 2. The van der Waals surface area contributed by atoms with Crippen molar-refractivity contribution in [1.29, 1.82) is 5.26 Å². The Kier molecular flexibility index (Phi) is 3.96. The van der Waals surface area contributed by atoms with Crippen molar-refractivity contribution in [2.75, 3.05) is 5.43 Å². The first kappa shape index (κ1) is 14.4. The minimum absolute atomic E-state index is 0.127. The maximum atomic E-state index is 9.26. The number of imidazole rings is 1. The smallest absolute Gasteiger partial charge is 0.203 e. The maximum Gasteiger partial charge on any atom is 0.203 e. The van der Waals surface area contributed by atoms with Crippen LogP contribution in [-0.2, 0) is 0 Å². The highest BCUT2D eigenvalue weighted by Gasteiger charge is 2.09. The molecule has 1 heterocycles. The van der Waals surface area contributed by atoms with E-state index in [4.69, 9.17) is 23.2 Å². The summed E-state index contributed by atoms with van der Waals surface area (Å²) in [6.45, 7) is 0. The third-order valence-corrected chi connectivity index (χ3v) is 3.49. The lowest BCUT2D eigenvalue weighted by atomic mass is 10.3. The van der Waals surface area contributed by atoms with E-state index in [9.17, 15) is 5.26 Å². The molecule has 3 aromatic rings.